The first kappa shape index (κ1) is 13.9. The van der Waals surface area contributed by atoms with Crippen molar-refractivity contribution in [3.63, 3.8) is 0 Å². The van der Waals surface area contributed by atoms with Gasteiger partial charge in [-0.05, 0) is 44.6 Å². The Hall–Kier alpha value is -0.570. The van der Waals surface area contributed by atoms with Gasteiger partial charge in [0.05, 0.1) is 6.04 Å². The highest BCUT2D eigenvalue weighted by atomic mass is 16.2. The molecule has 1 saturated heterocycles. The van der Waals surface area contributed by atoms with E-state index < -0.39 is 0 Å². The maximum absolute atomic E-state index is 12.2. The van der Waals surface area contributed by atoms with Crippen LogP contribution >= 0.6 is 0 Å². The summed E-state index contributed by atoms with van der Waals surface area (Å²) in [5.74, 6) is 0.961. The quantitative estimate of drug-likeness (QED) is 0.807. The second kappa shape index (κ2) is 7.13. The summed E-state index contributed by atoms with van der Waals surface area (Å²) in [6.45, 7) is 3.20. The van der Waals surface area contributed by atoms with Gasteiger partial charge in [-0.1, -0.05) is 32.6 Å². The number of rotatable bonds is 4. The fourth-order valence-electron chi connectivity index (χ4n) is 3.45. The van der Waals surface area contributed by atoms with Gasteiger partial charge in [-0.2, -0.15) is 0 Å². The zero-order valence-corrected chi connectivity index (χ0v) is 11.7. The Balaban J connectivity index is 1.82. The highest BCUT2D eigenvalue weighted by Gasteiger charge is 2.27. The lowest BCUT2D eigenvalue weighted by Gasteiger charge is -2.32. The topological polar surface area (TPSA) is 41.1 Å². The second-order valence-corrected chi connectivity index (χ2v) is 5.92. The van der Waals surface area contributed by atoms with Crippen LogP contribution in [0, 0.1) is 5.92 Å². The van der Waals surface area contributed by atoms with Crippen LogP contribution in [-0.4, -0.2) is 24.5 Å². The lowest BCUT2D eigenvalue weighted by atomic mass is 9.82. The second-order valence-electron chi connectivity index (χ2n) is 5.92. The smallest absolute Gasteiger partial charge is 0.237 e. The summed E-state index contributed by atoms with van der Waals surface area (Å²) >= 11 is 0. The van der Waals surface area contributed by atoms with Gasteiger partial charge in [-0.15, -0.1) is 0 Å². The van der Waals surface area contributed by atoms with Gasteiger partial charge < -0.3 is 10.6 Å². The first-order valence-electron chi connectivity index (χ1n) is 7.85. The normalized spacial score (nSPS) is 27.7. The summed E-state index contributed by atoms with van der Waals surface area (Å²) in [5, 5.41) is 6.64. The zero-order valence-electron chi connectivity index (χ0n) is 11.7. The minimum atomic E-state index is 0.0661. The van der Waals surface area contributed by atoms with Crippen molar-refractivity contribution in [2.45, 2.75) is 76.8 Å². The van der Waals surface area contributed by atoms with Crippen molar-refractivity contribution in [2.24, 2.45) is 5.92 Å². The van der Waals surface area contributed by atoms with Crippen LogP contribution in [0.25, 0.3) is 0 Å². The van der Waals surface area contributed by atoms with Crippen LogP contribution in [0.4, 0.5) is 0 Å². The molecule has 3 nitrogen and oxygen atoms in total. The molecule has 0 aromatic rings. The number of amides is 1. The number of hydrogen-bond donors (Lipinski definition) is 2. The zero-order chi connectivity index (χ0) is 12.8. The SMILES string of the molecule is CCC(NC(=O)[C@@H]1CCCCN1)C1CCCCC1. The minimum absolute atomic E-state index is 0.0661. The van der Waals surface area contributed by atoms with Gasteiger partial charge in [-0.25, -0.2) is 0 Å². The summed E-state index contributed by atoms with van der Waals surface area (Å²) in [5.41, 5.74) is 0. The number of carbonyl (C=O) groups is 1. The average Bonchev–Trinajstić information content (AvgIpc) is 2.46. The molecule has 0 bridgehead atoms. The van der Waals surface area contributed by atoms with E-state index in [0.717, 1.165) is 25.3 Å². The Morgan fingerprint density at radius 2 is 1.89 bits per heavy atom. The van der Waals surface area contributed by atoms with E-state index in [1.807, 2.05) is 0 Å². The molecule has 2 atom stereocenters. The van der Waals surface area contributed by atoms with Crippen molar-refractivity contribution in [3.8, 4) is 0 Å². The summed E-state index contributed by atoms with van der Waals surface area (Å²) < 4.78 is 0. The molecule has 2 rings (SSSR count). The molecule has 0 radical (unpaired) electrons. The molecule has 0 spiro atoms. The van der Waals surface area contributed by atoms with Crippen LogP contribution in [0.3, 0.4) is 0 Å². The fraction of sp³-hybridized carbons (Fsp3) is 0.933. The van der Waals surface area contributed by atoms with Gasteiger partial charge in [0.25, 0.3) is 0 Å². The van der Waals surface area contributed by atoms with Gasteiger partial charge in [-0.3, -0.25) is 4.79 Å². The van der Waals surface area contributed by atoms with E-state index in [2.05, 4.69) is 17.6 Å². The first-order chi connectivity index (χ1) is 8.81. The van der Waals surface area contributed by atoms with Crippen molar-refractivity contribution >= 4 is 5.91 Å². The first-order valence-corrected chi connectivity index (χ1v) is 7.85. The highest BCUT2D eigenvalue weighted by Crippen LogP contribution is 2.27. The fourth-order valence-corrected chi connectivity index (χ4v) is 3.45. The number of carbonyl (C=O) groups excluding carboxylic acids is 1. The predicted octanol–water partition coefficient (Wildman–Crippen LogP) is 2.60. The molecular weight excluding hydrogens is 224 g/mol. The highest BCUT2D eigenvalue weighted by molar-refractivity contribution is 5.82. The monoisotopic (exact) mass is 252 g/mol. The summed E-state index contributed by atoms with van der Waals surface area (Å²) in [7, 11) is 0. The average molecular weight is 252 g/mol. The Kier molecular flexibility index (Phi) is 5.48. The molecule has 0 aromatic carbocycles. The van der Waals surface area contributed by atoms with Crippen molar-refractivity contribution in [1.82, 2.24) is 10.6 Å². The van der Waals surface area contributed by atoms with Crippen LogP contribution in [0.1, 0.15) is 64.7 Å². The standard InChI is InChI=1S/C15H28N2O/c1-2-13(12-8-4-3-5-9-12)17-15(18)14-10-6-7-11-16-14/h12-14,16H,2-11H2,1H3,(H,17,18)/t13?,14-/m0/s1. The Morgan fingerprint density at radius 3 is 2.50 bits per heavy atom. The summed E-state index contributed by atoms with van der Waals surface area (Å²) in [6.07, 6.45) is 11.2. The minimum Gasteiger partial charge on any atom is -0.352 e. The molecule has 1 aliphatic heterocycles. The van der Waals surface area contributed by atoms with Gasteiger partial charge >= 0.3 is 0 Å². The Morgan fingerprint density at radius 1 is 1.17 bits per heavy atom. The van der Waals surface area contributed by atoms with Crippen LogP contribution in [0.2, 0.25) is 0 Å². The van der Waals surface area contributed by atoms with E-state index in [9.17, 15) is 4.79 Å². The van der Waals surface area contributed by atoms with Gasteiger partial charge in [0.15, 0.2) is 0 Å². The lowest BCUT2D eigenvalue weighted by Crippen LogP contribution is -2.51. The van der Waals surface area contributed by atoms with E-state index in [4.69, 9.17) is 0 Å². The molecule has 2 aliphatic rings. The van der Waals surface area contributed by atoms with Crippen LogP contribution in [-0.2, 0) is 4.79 Å². The van der Waals surface area contributed by atoms with Crippen molar-refractivity contribution in [3.05, 3.63) is 0 Å². The Labute approximate surface area is 111 Å². The molecule has 1 heterocycles. The molecule has 1 saturated carbocycles. The number of piperidine rings is 1. The van der Waals surface area contributed by atoms with Gasteiger partial charge in [0.1, 0.15) is 0 Å². The molecule has 104 valence electrons. The lowest BCUT2D eigenvalue weighted by molar-refractivity contribution is -0.124. The van der Waals surface area contributed by atoms with E-state index in [0.29, 0.717) is 6.04 Å². The number of nitrogens with one attached hydrogen (secondary N) is 2. The van der Waals surface area contributed by atoms with Crippen LogP contribution < -0.4 is 10.6 Å². The van der Waals surface area contributed by atoms with Crippen molar-refractivity contribution in [2.75, 3.05) is 6.54 Å². The third kappa shape index (κ3) is 3.71. The molecule has 2 fully saturated rings. The maximum atomic E-state index is 12.2. The molecular formula is C15H28N2O. The molecule has 18 heavy (non-hydrogen) atoms. The largest absolute Gasteiger partial charge is 0.352 e. The maximum Gasteiger partial charge on any atom is 0.237 e. The number of hydrogen-bond acceptors (Lipinski definition) is 2. The predicted molar refractivity (Wildman–Crippen MR) is 74.4 cm³/mol. The molecule has 1 aliphatic carbocycles. The Bertz CT molecular complexity index is 255. The molecule has 1 amide bonds. The van der Waals surface area contributed by atoms with Crippen LogP contribution in [0.15, 0.2) is 0 Å². The molecule has 3 heteroatoms. The van der Waals surface area contributed by atoms with Crippen LogP contribution in [0.5, 0.6) is 0 Å². The van der Waals surface area contributed by atoms with Gasteiger partial charge in [0.2, 0.25) is 5.91 Å². The van der Waals surface area contributed by atoms with Gasteiger partial charge in [0, 0.05) is 6.04 Å². The van der Waals surface area contributed by atoms with E-state index in [1.165, 1.54) is 44.9 Å². The molecule has 1 unspecified atom stereocenters. The third-order valence-corrected chi connectivity index (χ3v) is 4.61. The third-order valence-electron chi connectivity index (χ3n) is 4.61. The summed E-state index contributed by atoms with van der Waals surface area (Å²) in [6, 6.07) is 0.470. The van der Waals surface area contributed by atoms with E-state index >= 15 is 0 Å². The van der Waals surface area contributed by atoms with Crippen molar-refractivity contribution in [1.29, 1.82) is 0 Å². The molecule has 2 N–H and O–H groups in total. The van der Waals surface area contributed by atoms with E-state index in [1.54, 1.807) is 0 Å². The summed E-state index contributed by atoms with van der Waals surface area (Å²) in [4.78, 5) is 12.2. The van der Waals surface area contributed by atoms with E-state index in [-0.39, 0.29) is 11.9 Å². The molecule has 0 aromatic heterocycles. The van der Waals surface area contributed by atoms with Crippen molar-refractivity contribution < 1.29 is 4.79 Å².